The number of fused-ring (bicyclic) bond motifs is 1. The number of methoxy groups -OCH3 is 1. The first-order valence-corrected chi connectivity index (χ1v) is 11.1. The summed E-state index contributed by atoms with van der Waals surface area (Å²) >= 11 is 0. The molecule has 1 heterocycles. The Balaban J connectivity index is 1.54. The van der Waals surface area contributed by atoms with E-state index in [1.54, 1.807) is 7.11 Å². The van der Waals surface area contributed by atoms with Crippen LogP contribution in [-0.4, -0.2) is 42.6 Å². The number of ether oxygens (including phenoxy) is 1. The van der Waals surface area contributed by atoms with Crippen LogP contribution in [0.25, 0.3) is 0 Å². The Kier molecular flexibility index (Phi) is 6.56. The predicted octanol–water partition coefficient (Wildman–Crippen LogP) is 3.25. The second kappa shape index (κ2) is 9.52. The first-order valence-electron chi connectivity index (χ1n) is 11.1. The third-order valence-corrected chi connectivity index (χ3v) is 6.32. The highest BCUT2D eigenvalue weighted by molar-refractivity contribution is 5.94. The molecule has 31 heavy (non-hydrogen) atoms. The van der Waals surface area contributed by atoms with Gasteiger partial charge < -0.3 is 15.0 Å². The van der Waals surface area contributed by atoms with Crippen LogP contribution in [0.4, 0.5) is 0 Å². The molecular weight excluding hydrogens is 390 g/mol. The van der Waals surface area contributed by atoms with Crippen molar-refractivity contribution in [2.45, 2.75) is 51.4 Å². The van der Waals surface area contributed by atoms with Crippen molar-refractivity contribution in [1.82, 2.24) is 15.5 Å². The molecule has 2 aromatic rings. The zero-order valence-electron chi connectivity index (χ0n) is 18.3. The van der Waals surface area contributed by atoms with E-state index in [1.165, 1.54) is 0 Å². The van der Waals surface area contributed by atoms with Gasteiger partial charge >= 0.3 is 0 Å². The Labute approximate surface area is 184 Å². The molecule has 2 N–H and O–H groups in total. The van der Waals surface area contributed by atoms with Gasteiger partial charge in [0.25, 0.3) is 5.91 Å². The Morgan fingerprint density at radius 1 is 1.13 bits per heavy atom. The minimum Gasteiger partial charge on any atom is -0.497 e. The molecule has 2 fully saturated rings. The Bertz CT molecular complexity index is 928. The lowest BCUT2D eigenvalue weighted by atomic mass is 9.82. The normalized spacial score (nSPS) is 22.9. The van der Waals surface area contributed by atoms with E-state index in [1.807, 2.05) is 60.4 Å². The maximum absolute atomic E-state index is 13.4. The molecule has 6 heteroatoms. The molecule has 0 bridgehead atoms. The number of carbonyl (C=O) groups is 2. The van der Waals surface area contributed by atoms with Crippen LogP contribution in [0.5, 0.6) is 5.75 Å². The minimum atomic E-state index is -0.251. The topological polar surface area (TPSA) is 70.7 Å². The zero-order valence-corrected chi connectivity index (χ0v) is 18.3. The molecule has 4 rings (SSSR count). The molecule has 2 aromatic carbocycles. The Hall–Kier alpha value is -2.86. The van der Waals surface area contributed by atoms with Crippen LogP contribution in [0.3, 0.4) is 0 Å². The second-order valence-electron chi connectivity index (χ2n) is 8.63. The van der Waals surface area contributed by atoms with Gasteiger partial charge in [0.1, 0.15) is 5.75 Å². The van der Waals surface area contributed by atoms with Gasteiger partial charge in [0.15, 0.2) is 0 Å². The average Bonchev–Trinajstić information content (AvgIpc) is 2.79. The maximum atomic E-state index is 13.4. The van der Waals surface area contributed by atoms with Gasteiger partial charge in [-0.1, -0.05) is 42.7 Å². The summed E-state index contributed by atoms with van der Waals surface area (Å²) in [6.07, 6.45) is 3.95. The van der Waals surface area contributed by atoms with Crippen molar-refractivity contribution in [3.8, 4) is 5.75 Å². The molecular formula is C25H31N3O3. The molecule has 0 aromatic heterocycles. The van der Waals surface area contributed by atoms with Crippen LogP contribution in [0.2, 0.25) is 0 Å². The number of nitrogens with zero attached hydrogens (tertiary/aromatic N) is 1. The molecule has 1 aliphatic heterocycles. The number of aryl methyl sites for hydroxylation is 1. The van der Waals surface area contributed by atoms with Gasteiger partial charge in [-0.15, -0.1) is 0 Å². The number of amides is 2. The fraction of sp³-hybridized carbons (Fsp3) is 0.440. The largest absolute Gasteiger partial charge is 0.497 e. The van der Waals surface area contributed by atoms with E-state index in [9.17, 15) is 9.59 Å². The molecule has 2 amide bonds. The third-order valence-electron chi connectivity index (χ3n) is 6.32. The van der Waals surface area contributed by atoms with Gasteiger partial charge in [-0.3, -0.25) is 14.9 Å². The quantitative estimate of drug-likeness (QED) is 0.751. The number of hydrogen-bond donors (Lipinski definition) is 2. The number of carbonyl (C=O) groups excluding carboxylic acids is 2. The summed E-state index contributed by atoms with van der Waals surface area (Å²) in [5.41, 5.74) is 2.72. The lowest BCUT2D eigenvalue weighted by Gasteiger charge is -2.41. The smallest absolute Gasteiger partial charge is 0.254 e. The average molecular weight is 422 g/mol. The van der Waals surface area contributed by atoms with Crippen LogP contribution in [-0.2, 0) is 11.3 Å². The molecule has 2 aliphatic rings. The molecule has 3 atom stereocenters. The summed E-state index contributed by atoms with van der Waals surface area (Å²) in [6, 6.07) is 15.6. The minimum absolute atomic E-state index is 0.0404. The van der Waals surface area contributed by atoms with Gasteiger partial charge in [-0.25, -0.2) is 0 Å². The summed E-state index contributed by atoms with van der Waals surface area (Å²) in [7, 11) is 1.64. The van der Waals surface area contributed by atoms with E-state index in [-0.39, 0.29) is 29.9 Å². The first-order chi connectivity index (χ1) is 15.0. The highest BCUT2D eigenvalue weighted by atomic mass is 16.5. The summed E-state index contributed by atoms with van der Waals surface area (Å²) in [5, 5.41) is 6.70. The van der Waals surface area contributed by atoms with E-state index in [2.05, 4.69) is 10.6 Å². The lowest BCUT2D eigenvalue weighted by Crippen LogP contribution is -2.65. The molecule has 6 nitrogen and oxygen atoms in total. The lowest BCUT2D eigenvalue weighted by molar-refractivity contribution is -0.131. The van der Waals surface area contributed by atoms with Crippen molar-refractivity contribution >= 4 is 11.8 Å². The van der Waals surface area contributed by atoms with Crippen LogP contribution in [0.1, 0.15) is 47.2 Å². The molecule has 0 spiro atoms. The van der Waals surface area contributed by atoms with E-state index < -0.39 is 0 Å². The number of nitrogens with one attached hydrogen (secondary N) is 2. The highest BCUT2D eigenvalue weighted by Gasteiger charge is 2.38. The summed E-state index contributed by atoms with van der Waals surface area (Å²) in [5.74, 6) is 0.902. The SMILES string of the molecule is COc1ccc(CN(CC2NC(=O)C3CCCCC3N2)C(=O)c2cccc(C)c2)cc1. The van der Waals surface area contributed by atoms with Gasteiger partial charge in [0.05, 0.1) is 25.7 Å². The van der Waals surface area contributed by atoms with Crippen LogP contribution < -0.4 is 15.4 Å². The fourth-order valence-electron chi connectivity index (χ4n) is 4.67. The van der Waals surface area contributed by atoms with E-state index in [4.69, 9.17) is 4.74 Å². The van der Waals surface area contributed by atoms with Crippen molar-refractivity contribution in [1.29, 1.82) is 0 Å². The fourth-order valence-corrected chi connectivity index (χ4v) is 4.67. The van der Waals surface area contributed by atoms with Crippen molar-refractivity contribution in [3.05, 3.63) is 65.2 Å². The first kappa shape index (κ1) is 21.4. The predicted molar refractivity (Wildman–Crippen MR) is 120 cm³/mol. The van der Waals surface area contributed by atoms with Gasteiger partial charge in [-0.05, 0) is 49.6 Å². The van der Waals surface area contributed by atoms with Crippen molar-refractivity contribution in [2.24, 2.45) is 5.92 Å². The van der Waals surface area contributed by atoms with Gasteiger partial charge in [0, 0.05) is 18.2 Å². The van der Waals surface area contributed by atoms with E-state index in [0.29, 0.717) is 18.7 Å². The monoisotopic (exact) mass is 421 g/mol. The molecule has 3 unspecified atom stereocenters. The number of benzene rings is 2. The molecule has 164 valence electrons. The molecule has 1 saturated heterocycles. The van der Waals surface area contributed by atoms with Crippen LogP contribution >= 0.6 is 0 Å². The zero-order chi connectivity index (χ0) is 21.8. The number of rotatable bonds is 6. The molecule has 0 radical (unpaired) electrons. The third kappa shape index (κ3) is 5.07. The van der Waals surface area contributed by atoms with Crippen molar-refractivity contribution in [2.75, 3.05) is 13.7 Å². The molecule has 1 saturated carbocycles. The van der Waals surface area contributed by atoms with Crippen LogP contribution in [0.15, 0.2) is 48.5 Å². The second-order valence-corrected chi connectivity index (χ2v) is 8.63. The standard InChI is InChI=1S/C25H31N3O3/c1-17-6-5-7-19(14-17)25(30)28(15-18-10-12-20(31-2)13-11-18)16-23-26-22-9-4-3-8-21(22)24(29)27-23/h5-7,10-14,21-23,26H,3-4,8-9,15-16H2,1-2H3,(H,27,29). The summed E-state index contributed by atoms with van der Waals surface area (Å²) in [6.45, 7) is 2.85. The van der Waals surface area contributed by atoms with Crippen molar-refractivity contribution in [3.63, 3.8) is 0 Å². The van der Waals surface area contributed by atoms with E-state index in [0.717, 1.165) is 42.6 Å². The number of hydrogen-bond acceptors (Lipinski definition) is 4. The van der Waals surface area contributed by atoms with E-state index >= 15 is 0 Å². The van der Waals surface area contributed by atoms with Gasteiger partial charge in [0.2, 0.25) is 5.91 Å². The summed E-state index contributed by atoms with van der Waals surface area (Å²) < 4.78 is 5.25. The maximum Gasteiger partial charge on any atom is 0.254 e. The Morgan fingerprint density at radius 3 is 2.65 bits per heavy atom. The van der Waals surface area contributed by atoms with Crippen molar-refractivity contribution < 1.29 is 14.3 Å². The Morgan fingerprint density at radius 2 is 1.90 bits per heavy atom. The highest BCUT2D eigenvalue weighted by Crippen LogP contribution is 2.27. The molecule has 1 aliphatic carbocycles. The van der Waals surface area contributed by atoms with Gasteiger partial charge in [-0.2, -0.15) is 0 Å². The van der Waals surface area contributed by atoms with Crippen LogP contribution in [0, 0.1) is 12.8 Å². The summed E-state index contributed by atoms with van der Waals surface area (Å²) in [4.78, 5) is 27.9.